The van der Waals surface area contributed by atoms with Crippen LogP contribution in [0.25, 0.3) is 0 Å². The summed E-state index contributed by atoms with van der Waals surface area (Å²) in [7, 11) is 0. The maximum absolute atomic E-state index is 3.58. The zero-order valence-electron chi connectivity index (χ0n) is 9.57. The third kappa shape index (κ3) is 13.0. The summed E-state index contributed by atoms with van der Waals surface area (Å²) in [6, 6.07) is 0. The van der Waals surface area contributed by atoms with Crippen molar-refractivity contribution in [2.24, 2.45) is 0 Å². The number of unbranched alkanes of at least 4 members (excludes halogenated alkanes) is 5. The first-order chi connectivity index (χ1) is 6.63. The van der Waals surface area contributed by atoms with Gasteiger partial charge in [-0.15, -0.1) is 0 Å². The quantitative estimate of drug-likeness (QED) is 0.378. The third-order valence-corrected chi connectivity index (χ3v) is 3.37. The SMILES string of the molecule is CC(Br)CCCCCCCCC(C)Br. The second kappa shape index (κ2) is 10.5. The van der Waals surface area contributed by atoms with E-state index in [1.54, 1.807) is 0 Å². The number of hydrogen-bond donors (Lipinski definition) is 0. The molecule has 0 rings (SSSR count). The van der Waals surface area contributed by atoms with Crippen molar-refractivity contribution in [3.8, 4) is 0 Å². The van der Waals surface area contributed by atoms with Crippen molar-refractivity contribution in [1.82, 2.24) is 0 Å². The van der Waals surface area contributed by atoms with Gasteiger partial charge >= 0.3 is 0 Å². The zero-order valence-corrected chi connectivity index (χ0v) is 12.7. The van der Waals surface area contributed by atoms with Gasteiger partial charge in [0.25, 0.3) is 0 Å². The maximum atomic E-state index is 3.58. The van der Waals surface area contributed by atoms with Gasteiger partial charge in [0.2, 0.25) is 0 Å². The van der Waals surface area contributed by atoms with E-state index in [-0.39, 0.29) is 0 Å². The molecule has 86 valence electrons. The Morgan fingerprint density at radius 3 is 1.21 bits per heavy atom. The van der Waals surface area contributed by atoms with E-state index >= 15 is 0 Å². The first-order valence-electron chi connectivity index (χ1n) is 5.91. The van der Waals surface area contributed by atoms with E-state index in [0.29, 0.717) is 9.65 Å². The molecule has 14 heavy (non-hydrogen) atoms. The van der Waals surface area contributed by atoms with Crippen LogP contribution in [0, 0.1) is 0 Å². The number of hydrogen-bond acceptors (Lipinski definition) is 0. The van der Waals surface area contributed by atoms with Gasteiger partial charge in [0.1, 0.15) is 0 Å². The molecule has 2 heteroatoms. The highest BCUT2D eigenvalue weighted by molar-refractivity contribution is 9.09. The van der Waals surface area contributed by atoms with Crippen LogP contribution in [0.4, 0.5) is 0 Å². The second-order valence-electron chi connectivity index (χ2n) is 4.26. The minimum Gasteiger partial charge on any atom is -0.0894 e. The molecular weight excluding hydrogens is 304 g/mol. The average Bonchev–Trinajstić information content (AvgIpc) is 2.08. The topological polar surface area (TPSA) is 0 Å². The van der Waals surface area contributed by atoms with Crippen molar-refractivity contribution in [2.45, 2.75) is 74.9 Å². The van der Waals surface area contributed by atoms with Crippen molar-refractivity contribution in [1.29, 1.82) is 0 Å². The highest BCUT2D eigenvalue weighted by Gasteiger charge is 1.97. The Morgan fingerprint density at radius 1 is 0.643 bits per heavy atom. The van der Waals surface area contributed by atoms with Gasteiger partial charge in [-0.1, -0.05) is 84.2 Å². The summed E-state index contributed by atoms with van der Waals surface area (Å²) in [5.74, 6) is 0. The van der Waals surface area contributed by atoms with Crippen molar-refractivity contribution >= 4 is 31.9 Å². The van der Waals surface area contributed by atoms with Crippen LogP contribution in [0.3, 0.4) is 0 Å². The zero-order chi connectivity index (χ0) is 10.8. The summed E-state index contributed by atoms with van der Waals surface area (Å²) in [5.41, 5.74) is 0. The van der Waals surface area contributed by atoms with Gasteiger partial charge in [0.05, 0.1) is 0 Å². The lowest BCUT2D eigenvalue weighted by Gasteiger charge is -2.04. The molecule has 0 saturated carbocycles. The monoisotopic (exact) mass is 326 g/mol. The van der Waals surface area contributed by atoms with E-state index in [4.69, 9.17) is 0 Å². The third-order valence-electron chi connectivity index (χ3n) is 2.45. The molecule has 2 atom stereocenters. The predicted molar refractivity (Wildman–Crippen MR) is 73.7 cm³/mol. The maximum Gasteiger partial charge on any atom is 0.0117 e. The van der Waals surface area contributed by atoms with Crippen LogP contribution < -0.4 is 0 Å². The number of alkyl halides is 2. The molecule has 0 spiro atoms. The van der Waals surface area contributed by atoms with E-state index in [2.05, 4.69) is 45.7 Å². The average molecular weight is 328 g/mol. The lowest BCUT2D eigenvalue weighted by molar-refractivity contribution is 0.569. The lowest BCUT2D eigenvalue weighted by atomic mass is 10.1. The highest BCUT2D eigenvalue weighted by atomic mass is 79.9. The van der Waals surface area contributed by atoms with E-state index < -0.39 is 0 Å². The molecule has 2 unspecified atom stereocenters. The van der Waals surface area contributed by atoms with Crippen LogP contribution in [0.2, 0.25) is 0 Å². The van der Waals surface area contributed by atoms with Gasteiger partial charge in [0.15, 0.2) is 0 Å². The molecule has 0 aromatic rings. The van der Waals surface area contributed by atoms with Gasteiger partial charge < -0.3 is 0 Å². The van der Waals surface area contributed by atoms with Crippen molar-refractivity contribution in [3.05, 3.63) is 0 Å². The fourth-order valence-electron chi connectivity index (χ4n) is 1.56. The van der Waals surface area contributed by atoms with Crippen LogP contribution in [-0.2, 0) is 0 Å². The predicted octanol–water partition coefficient (Wildman–Crippen LogP) is 5.67. The molecule has 0 nitrogen and oxygen atoms in total. The molecule has 0 saturated heterocycles. The van der Waals surface area contributed by atoms with Crippen LogP contribution in [0.15, 0.2) is 0 Å². The van der Waals surface area contributed by atoms with Crippen LogP contribution in [-0.4, -0.2) is 9.65 Å². The van der Waals surface area contributed by atoms with Gasteiger partial charge in [0, 0.05) is 9.65 Å². The van der Waals surface area contributed by atoms with E-state index in [0.717, 1.165) is 0 Å². The standard InChI is InChI=1S/C12H24Br2/c1-11(13)9-7-5-3-4-6-8-10-12(2)14/h11-12H,3-10H2,1-2H3. The summed E-state index contributed by atoms with van der Waals surface area (Å²) in [6.45, 7) is 4.47. The van der Waals surface area contributed by atoms with Crippen LogP contribution >= 0.6 is 31.9 Å². The first kappa shape index (κ1) is 15.0. The summed E-state index contributed by atoms with van der Waals surface area (Å²) in [4.78, 5) is 1.41. The van der Waals surface area contributed by atoms with Crippen molar-refractivity contribution in [3.63, 3.8) is 0 Å². The number of rotatable bonds is 9. The Balaban J connectivity index is 2.92. The minimum absolute atomic E-state index is 0.705. The molecule has 0 amide bonds. The molecule has 0 N–H and O–H groups in total. The minimum atomic E-state index is 0.705. The van der Waals surface area contributed by atoms with Gasteiger partial charge in [-0.25, -0.2) is 0 Å². The smallest absolute Gasteiger partial charge is 0.0117 e. The Labute approximate surface area is 106 Å². The molecule has 0 aliphatic carbocycles. The normalized spacial score (nSPS) is 15.4. The molecule has 0 heterocycles. The summed E-state index contributed by atoms with van der Waals surface area (Å²) < 4.78 is 0. The summed E-state index contributed by atoms with van der Waals surface area (Å²) >= 11 is 7.16. The molecule has 0 aliphatic rings. The van der Waals surface area contributed by atoms with Gasteiger partial charge in [-0.05, 0) is 12.8 Å². The molecule has 0 aliphatic heterocycles. The molecule has 0 aromatic heterocycles. The number of halogens is 2. The molecular formula is C12H24Br2. The second-order valence-corrected chi connectivity index (χ2v) is 7.39. The van der Waals surface area contributed by atoms with Crippen molar-refractivity contribution < 1.29 is 0 Å². The Kier molecular flexibility index (Phi) is 11.2. The molecule has 0 aromatic carbocycles. The summed E-state index contributed by atoms with van der Waals surface area (Å²) in [6.07, 6.45) is 11.1. The molecule has 0 bridgehead atoms. The summed E-state index contributed by atoms with van der Waals surface area (Å²) in [5, 5.41) is 0. The van der Waals surface area contributed by atoms with E-state index in [9.17, 15) is 0 Å². The van der Waals surface area contributed by atoms with Crippen LogP contribution in [0.5, 0.6) is 0 Å². The van der Waals surface area contributed by atoms with Crippen molar-refractivity contribution in [2.75, 3.05) is 0 Å². The largest absolute Gasteiger partial charge is 0.0894 e. The van der Waals surface area contributed by atoms with E-state index in [1.807, 2.05) is 0 Å². The molecule has 0 radical (unpaired) electrons. The fraction of sp³-hybridized carbons (Fsp3) is 1.00. The Bertz CT molecular complexity index is 96.9. The van der Waals surface area contributed by atoms with Gasteiger partial charge in [-0.3, -0.25) is 0 Å². The van der Waals surface area contributed by atoms with Gasteiger partial charge in [-0.2, -0.15) is 0 Å². The van der Waals surface area contributed by atoms with Crippen LogP contribution in [0.1, 0.15) is 65.2 Å². The fourth-order valence-corrected chi connectivity index (χ4v) is 2.21. The van der Waals surface area contributed by atoms with E-state index in [1.165, 1.54) is 51.4 Å². The Hall–Kier alpha value is 0.960. The highest BCUT2D eigenvalue weighted by Crippen LogP contribution is 2.14. The molecule has 0 fully saturated rings. The first-order valence-corrected chi connectivity index (χ1v) is 7.74. The lowest BCUT2D eigenvalue weighted by Crippen LogP contribution is -1.91. The Morgan fingerprint density at radius 2 is 0.929 bits per heavy atom.